The van der Waals surface area contributed by atoms with E-state index in [4.69, 9.17) is 9.26 Å². The molecule has 3 rings (SSSR count). The first-order valence-corrected chi connectivity index (χ1v) is 9.51. The summed E-state index contributed by atoms with van der Waals surface area (Å²) >= 11 is 1.27. The van der Waals surface area contributed by atoms with Crippen LogP contribution in [-0.2, 0) is 0 Å². The minimum absolute atomic E-state index is 0.162. The van der Waals surface area contributed by atoms with E-state index in [1.54, 1.807) is 6.07 Å². The van der Waals surface area contributed by atoms with Gasteiger partial charge in [0, 0.05) is 12.0 Å². The summed E-state index contributed by atoms with van der Waals surface area (Å²) in [7, 11) is 0. The fraction of sp³-hybridized carbons (Fsp3) is 0.368. The number of hydrogen-bond donors (Lipinski definition) is 1. The summed E-state index contributed by atoms with van der Waals surface area (Å²) in [6, 6.07) is 7.56. The molecule has 1 atom stereocenters. The Hall–Kier alpha value is -2.74. The normalized spacial score (nSPS) is 12.2. The molecule has 1 amide bonds. The van der Waals surface area contributed by atoms with Crippen molar-refractivity contribution in [3.8, 4) is 5.75 Å². The summed E-state index contributed by atoms with van der Waals surface area (Å²) in [6.45, 7) is 9.90. The summed E-state index contributed by atoms with van der Waals surface area (Å²) in [5.41, 5.74) is 2.47. The molecule has 1 N–H and O–H groups in total. The molecule has 0 aliphatic carbocycles. The van der Waals surface area contributed by atoms with E-state index in [1.807, 2.05) is 52.8 Å². The number of carbonyl (C=O) groups excluding carboxylic acids is 1. The molecule has 7 nitrogen and oxygen atoms in total. The highest BCUT2D eigenvalue weighted by Gasteiger charge is 2.19. The van der Waals surface area contributed by atoms with Crippen molar-refractivity contribution >= 4 is 22.4 Å². The Morgan fingerprint density at radius 2 is 2.00 bits per heavy atom. The molecule has 2 aromatic heterocycles. The van der Waals surface area contributed by atoms with Gasteiger partial charge in [-0.1, -0.05) is 42.5 Å². The summed E-state index contributed by atoms with van der Waals surface area (Å²) in [4.78, 5) is 12.3. The fourth-order valence-electron chi connectivity index (χ4n) is 2.37. The van der Waals surface area contributed by atoms with Crippen LogP contribution < -0.4 is 10.1 Å². The van der Waals surface area contributed by atoms with Crippen LogP contribution in [-0.4, -0.2) is 21.3 Å². The lowest BCUT2D eigenvalue weighted by molar-refractivity contribution is 0.101. The molecule has 0 fully saturated rings. The molecule has 0 aliphatic rings. The van der Waals surface area contributed by atoms with Gasteiger partial charge in [-0.3, -0.25) is 10.1 Å². The summed E-state index contributed by atoms with van der Waals surface area (Å²) in [5.74, 6) is 1.26. The maximum absolute atomic E-state index is 12.3. The quantitative estimate of drug-likeness (QED) is 0.663. The third-order valence-corrected chi connectivity index (χ3v) is 5.20. The number of anilines is 1. The van der Waals surface area contributed by atoms with Gasteiger partial charge in [0.15, 0.2) is 10.7 Å². The first kappa shape index (κ1) is 19.0. The molecular weight excluding hydrogens is 364 g/mol. The number of ether oxygens (including phenoxy) is 1. The molecule has 0 saturated carbocycles. The van der Waals surface area contributed by atoms with Crippen molar-refractivity contribution < 1.29 is 14.1 Å². The molecule has 3 aromatic rings. The SMILES string of the molecule is Cc1cccc(O[C@@H](C)c2nnc(NC(=O)c3cc(C(C)C)on3)s2)c1C. The topological polar surface area (TPSA) is 90.1 Å². The summed E-state index contributed by atoms with van der Waals surface area (Å²) in [5, 5.41) is 15.7. The number of aryl methyl sites for hydroxylation is 1. The molecule has 27 heavy (non-hydrogen) atoms. The van der Waals surface area contributed by atoms with Gasteiger partial charge in [-0.25, -0.2) is 0 Å². The molecule has 0 unspecified atom stereocenters. The van der Waals surface area contributed by atoms with Crippen molar-refractivity contribution in [1.29, 1.82) is 0 Å². The predicted molar refractivity (Wildman–Crippen MR) is 103 cm³/mol. The zero-order chi connectivity index (χ0) is 19.6. The van der Waals surface area contributed by atoms with E-state index >= 15 is 0 Å². The molecular formula is C19H22N4O3S. The number of rotatable bonds is 6. The number of amides is 1. The highest BCUT2D eigenvalue weighted by molar-refractivity contribution is 7.15. The maximum atomic E-state index is 12.3. The molecule has 0 bridgehead atoms. The molecule has 0 spiro atoms. The average molecular weight is 386 g/mol. The second kappa shape index (κ2) is 7.87. The number of aromatic nitrogens is 3. The van der Waals surface area contributed by atoms with Crippen molar-refractivity contribution in [1.82, 2.24) is 15.4 Å². The Morgan fingerprint density at radius 3 is 2.70 bits per heavy atom. The lowest BCUT2D eigenvalue weighted by atomic mass is 10.1. The van der Waals surface area contributed by atoms with Crippen molar-refractivity contribution in [2.45, 2.75) is 46.6 Å². The Labute approximate surface area is 161 Å². The third-order valence-electron chi connectivity index (χ3n) is 4.20. The zero-order valence-corrected chi connectivity index (χ0v) is 16.8. The first-order chi connectivity index (χ1) is 12.8. The van der Waals surface area contributed by atoms with E-state index in [2.05, 4.69) is 20.7 Å². The van der Waals surface area contributed by atoms with Gasteiger partial charge in [0.05, 0.1) is 0 Å². The monoisotopic (exact) mass is 386 g/mol. The van der Waals surface area contributed by atoms with Gasteiger partial charge in [0.1, 0.15) is 17.6 Å². The highest BCUT2D eigenvalue weighted by atomic mass is 32.1. The molecule has 142 valence electrons. The summed E-state index contributed by atoms with van der Waals surface area (Å²) < 4.78 is 11.2. The Balaban J connectivity index is 1.66. The van der Waals surface area contributed by atoms with Crippen molar-refractivity contribution in [2.24, 2.45) is 0 Å². The van der Waals surface area contributed by atoms with Crippen LogP contribution in [0, 0.1) is 13.8 Å². The number of benzene rings is 1. The van der Waals surface area contributed by atoms with Crippen LogP contribution in [0.25, 0.3) is 0 Å². The lowest BCUT2D eigenvalue weighted by Crippen LogP contribution is -2.11. The molecule has 0 radical (unpaired) electrons. The van der Waals surface area contributed by atoms with E-state index in [9.17, 15) is 4.79 Å². The maximum Gasteiger partial charge on any atom is 0.279 e. The largest absolute Gasteiger partial charge is 0.483 e. The first-order valence-electron chi connectivity index (χ1n) is 8.69. The van der Waals surface area contributed by atoms with Crippen LogP contribution in [0.2, 0.25) is 0 Å². The van der Waals surface area contributed by atoms with Gasteiger partial charge >= 0.3 is 0 Å². The Kier molecular flexibility index (Phi) is 5.55. The standard InChI is InChI=1S/C19H22N4O3S/c1-10(2)16-9-14(23-26-16)17(24)20-19-22-21-18(27-19)13(5)25-15-8-6-7-11(3)12(15)4/h6-10,13H,1-5H3,(H,20,22,24)/t13-/m0/s1. The molecule has 0 saturated heterocycles. The summed E-state index contributed by atoms with van der Waals surface area (Å²) in [6.07, 6.45) is -0.284. The number of nitrogens with zero attached hydrogens (tertiary/aromatic N) is 3. The fourth-order valence-corrected chi connectivity index (χ4v) is 3.09. The van der Waals surface area contributed by atoms with Crippen LogP contribution >= 0.6 is 11.3 Å². The van der Waals surface area contributed by atoms with Gasteiger partial charge in [0.2, 0.25) is 5.13 Å². The van der Waals surface area contributed by atoms with Gasteiger partial charge in [-0.05, 0) is 38.0 Å². The second-order valence-corrected chi connectivity index (χ2v) is 7.64. The van der Waals surface area contributed by atoms with E-state index in [0.29, 0.717) is 15.9 Å². The second-order valence-electron chi connectivity index (χ2n) is 6.63. The Morgan fingerprint density at radius 1 is 1.22 bits per heavy atom. The van der Waals surface area contributed by atoms with Crippen LogP contribution in [0.5, 0.6) is 5.75 Å². The van der Waals surface area contributed by atoms with Gasteiger partial charge < -0.3 is 9.26 Å². The van der Waals surface area contributed by atoms with Crippen molar-refractivity contribution in [3.05, 3.63) is 51.9 Å². The van der Waals surface area contributed by atoms with Crippen LogP contribution in [0.3, 0.4) is 0 Å². The Bertz CT molecular complexity index is 948. The lowest BCUT2D eigenvalue weighted by Gasteiger charge is -2.14. The minimum atomic E-state index is -0.378. The molecule has 0 aliphatic heterocycles. The van der Waals surface area contributed by atoms with E-state index in [0.717, 1.165) is 11.3 Å². The van der Waals surface area contributed by atoms with E-state index in [-0.39, 0.29) is 23.6 Å². The third kappa shape index (κ3) is 4.33. The number of carbonyl (C=O) groups is 1. The molecule has 8 heteroatoms. The van der Waals surface area contributed by atoms with Crippen LogP contribution in [0.1, 0.15) is 65.2 Å². The van der Waals surface area contributed by atoms with Crippen molar-refractivity contribution in [2.75, 3.05) is 5.32 Å². The smallest absolute Gasteiger partial charge is 0.279 e. The van der Waals surface area contributed by atoms with Crippen LogP contribution in [0.15, 0.2) is 28.8 Å². The minimum Gasteiger partial charge on any atom is -0.483 e. The van der Waals surface area contributed by atoms with E-state index in [1.165, 1.54) is 16.9 Å². The van der Waals surface area contributed by atoms with Gasteiger partial charge in [-0.2, -0.15) is 0 Å². The molecule has 2 heterocycles. The van der Waals surface area contributed by atoms with Gasteiger partial charge in [0.25, 0.3) is 5.91 Å². The predicted octanol–water partition coefficient (Wildman–Crippen LogP) is 4.66. The van der Waals surface area contributed by atoms with Crippen LogP contribution in [0.4, 0.5) is 5.13 Å². The number of nitrogens with one attached hydrogen (secondary N) is 1. The average Bonchev–Trinajstić information content (AvgIpc) is 3.28. The zero-order valence-electron chi connectivity index (χ0n) is 15.9. The van der Waals surface area contributed by atoms with Gasteiger partial charge in [-0.15, -0.1) is 10.2 Å². The highest BCUT2D eigenvalue weighted by Crippen LogP contribution is 2.29. The number of hydrogen-bond acceptors (Lipinski definition) is 7. The molecule has 1 aromatic carbocycles. The van der Waals surface area contributed by atoms with Crippen molar-refractivity contribution in [3.63, 3.8) is 0 Å². The van der Waals surface area contributed by atoms with E-state index < -0.39 is 0 Å².